The molecule has 17 rings (SSSR count). The number of nitrogens with one attached hydrogen (secondary N) is 4. The minimum Gasteiger partial charge on any atom is -0.505 e. The van der Waals surface area contributed by atoms with Crippen molar-refractivity contribution in [2.24, 2.45) is 65.2 Å². The summed E-state index contributed by atoms with van der Waals surface area (Å²) in [5.74, 6) is -3.88. The number of aromatic nitrogens is 8. The van der Waals surface area contributed by atoms with Crippen molar-refractivity contribution in [2.45, 2.75) is 113 Å². The molecule has 0 bridgehead atoms. The molecular formula is C89H96N20O24P4S4. The third-order valence-corrected chi connectivity index (χ3v) is 31.1. The number of hydrogen-bond donors (Lipinski definition) is 16. The molecule has 1 saturated carbocycles. The number of amidine groups is 4. The van der Waals surface area contributed by atoms with Crippen LogP contribution in [-0.4, -0.2) is 153 Å². The Kier molecular flexibility index (Phi) is 31.2. The standard InChI is InChI=1S/2C23H26N5O6PS.C22H24N5O6PS.C21H20N5O6PS/c1-23(2,3)8-9-28-22(31)18(20(30)19(26-28)16-5-4-10-36-16)21-25-14-7-6-13(34-12-17(24)29)11-15(14)35(32,33)27-21;1-3-13(2)8-9-28-23(31)19(21(30)20(26-28)17-5-4-10-36-17)22-25-15-7-6-14(34-12-18(24)29)11-16(15)35(32,33)27-22;1-12(2)7-8-27-22(30)18(20(29)19(25-27)16-4-3-9-35-16)21-24-14-6-5-13(33-11-17(23)28)10-15(14)34(31,32)26-21;22-16(27)10-32-12-5-6-13-14(8-12)33(30,31)25-20(23-13)17-19(28)18(15-2-1-7-34-15)24-26(21(17)29)9-11-3-4-11/h4-7,10-11,30H,8-9,12H2,1-3H3,(H2,24,29)(H2,25,27,32,33);4-7,10-11,13,30H,3,8-9,12H2,1-2H3,(H2,24,29)(H2,25,27,32,33);3-6,9-10,12,29H,7-8,11H2,1-2H3,(H2,23,28)(H2,24,26,31,32);1-2,5-8,11,28H,3-4,9-10H2,(H2,22,27)(H2,23,25,30,31). The van der Waals surface area contributed by atoms with Gasteiger partial charge < -0.3 is 103 Å². The Morgan fingerprint density at radius 1 is 0.418 bits per heavy atom. The van der Waals surface area contributed by atoms with E-state index in [1.54, 1.807) is 48.5 Å². The van der Waals surface area contributed by atoms with E-state index in [1.807, 2.05) is 56.1 Å². The van der Waals surface area contributed by atoms with Crippen LogP contribution in [0.25, 0.3) is 42.3 Å². The van der Waals surface area contributed by atoms with Crippen molar-refractivity contribution in [1.29, 1.82) is 0 Å². The average molecular weight is 2080 g/mol. The number of benzene rings is 4. The SMILES string of the molecule is CC(C)(C)CCn1nc(-c2cccs2)c(O)c(C2=NP(=O)(O)c3cc(OCC(N)=O)ccc3N2)c1=O.CC(C)CCn1nc(-c2cccs2)c(O)c(C2=NP(=O)(O)c3cc(OCC(N)=O)ccc3N2)c1=O.CCC(C)CCn1nc(-c2cccs2)c(O)c(C2=NP(=O)(O)c3cc(OCC(N)=O)ccc3N2)c1=O.NC(=O)COc1ccc2c(c1)P(=O)(O)N=C(c1c(O)c(-c3cccs3)nn(CC3CC3)c1=O)N2. The van der Waals surface area contributed by atoms with Crippen LogP contribution in [-0.2, 0) is 63.6 Å². The van der Waals surface area contributed by atoms with Gasteiger partial charge in [-0.2, -0.15) is 39.4 Å². The highest BCUT2D eigenvalue weighted by Gasteiger charge is 2.41. The first-order valence-electron chi connectivity index (χ1n) is 43.3. The smallest absolute Gasteiger partial charge is 0.346 e. The van der Waals surface area contributed by atoms with Crippen molar-refractivity contribution in [3.05, 3.63) is 207 Å². The fourth-order valence-electron chi connectivity index (χ4n) is 14.1. The number of amides is 4. The van der Waals surface area contributed by atoms with E-state index in [0.29, 0.717) is 76.2 Å². The number of aromatic hydroxyl groups is 4. The maximum absolute atomic E-state index is 13.4. The quantitative estimate of drug-likeness (QED) is 0.0180. The van der Waals surface area contributed by atoms with Gasteiger partial charge in [-0.15, -0.1) is 45.3 Å². The maximum Gasteiger partial charge on any atom is 0.346 e. The van der Waals surface area contributed by atoms with Gasteiger partial charge in [-0.25, -0.2) is 18.7 Å². The number of ether oxygens (including phenoxy) is 4. The Labute approximate surface area is 817 Å². The molecule has 12 heterocycles. The summed E-state index contributed by atoms with van der Waals surface area (Å²) in [7, 11) is -17.5. The number of rotatable bonds is 31. The molecule has 12 aromatic rings. The largest absolute Gasteiger partial charge is 0.505 e. The Balaban J connectivity index is 0.000000150. The molecule has 740 valence electrons. The summed E-state index contributed by atoms with van der Waals surface area (Å²) in [6, 6.07) is 31.0. The Bertz CT molecular complexity index is 7480. The molecule has 0 radical (unpaired) electrons. The molecule has 5 atom stereocenters. The molecule has 1 aliphatic carbocycles. The summed E-state index contributed by atoms with van der Waals surface area (Å²) in [5.41, 5.74) is 18.3. The topological polar surface area (TPSA) is 677 Å². The Morgan fingerprint density at radius 2 is 0.681 bits per heavy atom. The highest BCUT2D eigenvalue weighted by Crippen LogP contribution is 2.53. The van der Waals surface area contributed by atoms with Crippen molar-refractivity contribution in [3.63, 3.8) is 0 Å². The lowest BCUT2D eigenvalue weighted by atomic mass is 9.92. The number of primary amides is 4. The third-order valence-electron chi connectivity index (χ3n) is 21.7. The second-order valence-corrected chi connectivity index (χ2v) is 45.1. The molecule has 4 amide bonds. The lowest BCUT2D eigenvalue weighted by molar-refractivity contribution is -0.120. The molecule has 44 nitrogen and oxygen atoms in total. The van der Waals surface area contributed by atoms with Gasteiger partial charge in [-0.1, -0.05) is 79.2 Å². The van der Waals surface area contributed by atoms with Crippen molar-refractivity contribution in [3.8, 4) is 88.3 Å². The van der Waals surface area contributed by atoms with Gasteiger partial charge in [-0.05, 0) is 174 Å². The minimum atomic E-state index is -4.39. The van der Waals surface area contributed by atoms with Gasteiger partial charge in [0.1, 0.15) is 68.0 Å². The van der Waals surface area contributed by atoms with E-state index in [1.165, 1.54) is 137 Å². The number of carbonyl (C=O) groups is 4. The first kappa shape index (κ1) is 103. The van der Waals surface area contributed by atoms with Gasteiger partial charge in [0, 0.05) is 26.2 Å². The zero-order valence-electron chi connectivity index (χ0n) is 76.2. The molecule has 5 aliphatic rings. The molecule has 5 unspecified atom stereocenters. The van der Waals surface area contributed by atoms with E-state index in [9.17, 15) is 96.6 Å². The molecule has 4 aliphatic heterocycles. The number of thiophene rings is 4. The first-order chi connectivity index (χ1) is 66.7. The van der Waals surface area contributed by atoms with E-state index in [0.717, 1.165) is 19.3 Å². The van der Waals surface area contributed by atoms with Crippen LogP contribution < -0.4 is 107 Å². The number of aryl methyl sites for hydroxylation is 3. The summed E-state index contributed by atoms with van der Waals surface area (Å²) in [6.07, 6.45) is 4.88. The minimum absolute atomic E-state index is 0.0662. The van der Waals surface area contributed by atoms with Crippen LogP contribution in [0.3, 0.4) is 0 Å². The lowest BCUT2D eigenvalue weighted by Gasteiger charge is -2.24. The summed E-state index contributed by atoms with van der Waals surface area (Å²) >= 11 is 5.34. The normalized spacial score (nSPS) is 17.7. The molecule has 4 aromatic carbocycles. The highest BCUT2D eigenvalue weighted by molar-refractivity contribution is 7.66. The Hall–Kier alpha value is -13.9. The fourth-order valence-corrected chi connectivity index (χ4v) is 22.1. The van der Waals surface area contributed by atoms with Crippen LogP contribution in [0.1, 0.15) is 109 Å². The third kappa shape index (κ3) is 24.2. The molecular weight excluding hydrogens is 1990 g/mol. The second-order valence-electron chi connectivity index (χ2n) is 34.2. The van der Waals surface area contributed by atoms with Gasteiger partial charge in [0.15, 0.2) is 72.8 Å². The number of hydrogen-bond acceptors (Lipinski definition) is 32. The second kappa shape index (κ2) is 42.7. The summed E-state index contributed by atoms with van der Waals surface area (Å²) in [5, 5.41) is 80.3. The first-order valence-corrected chi connectivity index (χ1v) is 53.3. The predicted molar refractivity (Wildman–Crippen MR) is 537 cm³/mol. The monoisotopic (exact) mass is 2080 g/mol. The summed E-state index contributed by atoms with van der Waals surface area (Å²) < 4.78 is 94.2. The number of nitrogens with zero attached hydrogens (tertiary/aromatic N) is 12. The number of carbonyl (C=O) groups excluding carboxylic acids is 4. The molecule has 141 heavy (non-hydrogen) atoms. The molecule has 20 N–H and O–H groups in total. The zero-order chi connectivity index (χ0) is 102. The molecule has 0 saturated heterocycles. The van der Waals surface area contributed by atoms with E-state index in [-0.39, 0.29) is 147 Å². The van der Waals surface area contributed by atoms with Gasteiger partial charge in [-0.3, -0.25) is 56.6 Å². The van der Waals surface area contributed by atoms with E-state index in [2.05, 4.69) is 74.6 Å². The summed E-state index contributed by atoms with van der Waals surface area (Å²) in [4.78, 5) is 143. The van der Waals surface area contributed by atoms with Crippen molar-refractivity contribution in [1.82, 2.24) is 39.1 Å². The van der Waals surface area contributed by atoms with Crippen molar-refractivity contribution in [2.75, 3.05) is 47.7 Å². The van der Waals surface area contributed by atoms with E-state index >= 15 is 0 Å². The van der Waals surface area contributed by atoms with E-state index in [4.69, 9.17) is 41.9 Å². The molecule has 8 aromatic heterocycles. The average Bonchev–Trinajstić information content (AvgIpc) is 1.03. The van der Waals surface area contributed by atoms with Crippen LogP contribution in [0.4, 0.5) is 22.7 Å². The van der Waals surface area contributed by atoms with Gasteiger partial charge in [0.25, 0.3) is 45.9 Å². The molecule has 0 spiro atoms. The van der Waals surface area contributed by atoms with Gasteiger partial charge >= 0.3 is 30.1 Å². The van der Waals surface area contributed by atoms with E-state index < -0.39 is 125 Å². The maximum atomic E-state index is 13.4. The number of nitrogens with two attached hydrogens (primary N) is 4. The molecule has 1 fully saturated rings. The predicted octanol–water partition coefficient (Wildman–Crippen LogP) is 9.23. The highest BCUT2D eigenvalue weighted by atomic mass is 32.1. The van der Waals surface area contributed by atoms with Gasteiger partial charge in [0.05, 0.1) is 63.5 Å². The van der Waals surface area contributed by atoms with Crippen molar-refractivity contribution < 1.29 is 96.4 Å². The van der Waals surface area contributed by atoms with Crippen LogP contribution in [0.2, 0.25) is 0 Å². The van der Waals surface area contributed by atoms with Gasteiger partial charge in [0.2, 0.25) is 0 Å². The van der Waals surface area contributed by atoms with Crippen LogP contribution >= 0.6 is 75.4 Å². The van der Waals surface area contributed by atoms with Crippen molar-refractivity contribution >= 4 is 166 Å². The van der Waals surface area contributed by atoms with Crippen LogP contribution in [0, 0.1) is 23.2 Å². The number of anilines is 4. The zero-order valence-corrected chi connectivity index (χ0v) is 83.0. The lowest BCUT2D eigenvalue weighted by Crippen LogP contribution is -2.35. The fraction of sp³-hybridized carbons (Fsp3) is 0.281. The number of fused-ring (bicyclic) bond motifs is 4. The molecule has 52 heteroatoms. The Morgan fingerprint density at radius 3 is 0.922 bits per heavy atom. The van der Waals surface area contributed by atoms with Crippen LogP contribution in [0.15, 0.2) is 181 Å². The summed E-state index contributed by atoms with van der Waals surface area (Å²) in [6.45, 7) is 13.9. The van der Waals surface area contributed by atoms with Crippen LogP contribution in [0.5, 0.6) is 46.0 Å².